The van der Waals surface area contributed by atoms with Crippen LogP contribution in [0, 0.1) is 10.1 Å². The highest BCUT2D eigenvalue weighted by Gasteiger charge is 2.18. The lowest BCUT2D eigenvalue weighted by Gasteiger charge is -2.11. The number of nitrogens with zero attached hydrogens (tertiary/aromatic N) is 1. The summed E-state index contributed by atoms with van der Waals surface area (Å²) < 4.78 is 26.0. The van der Waals surface area contributed by atoms with Crippen LogP contribution in [0.5, 0.6) is 0 Å². The average molecular weight is 312 g/mol. The van der Waals surface area contributed by atoms with Gasteiger partial charge in [0.25, 0.3) is 12.1 Å². The number of nitro groups is 1. The van der Waals surface area contributed by atoms with Crippen molar-refractivity contribution >= 4 is 22.7 Å². The highest BCUT2D eigenvalue weighted by Crippen LogP contribution is 2.31. The monoisotopic (exact) mass is 312 g/mol. The summed E-state index contributed by atoms with van der Waals surface area (Å²) in [6, 6.07) is 5.48. The summed E-state index contributed by atoms with van der Waals surface area (Å²) in [5.74, 6) is 0. The molecule has 1 aromatic heterocycles. The maximum absolute atomic E-state index is 13.0. The second kappa shape index (κ2) is 6.62. The smallest absolute Gasteiger partial charge is 0.270 e. The minimum Gasteiger partial charge on any atom is -0.380 e. The fourth-order valence-corrected chi connectivity index (χ4v) is 2.93. The van der Waals surface area contributed by atoms with Gasteiger partial charge in [0.2, 0.25) is 0 Å². The van der Waals surface area contributed by atoms with Gasteiger partial charge in [-0.2, -0.15) is 0 Å². The van der Waals surface area contributed by atoms with Crippen molar-refractivity contribution in [3.63, 3.8) is 0 Å². The molecule has 0 unspecified atom stereocenters. The fraction of sp³-hybridized carbons (Fsp3) is 0.286. The third-order valence-corrected chi connectivity index (χ3v) is 4.10. The van der Waals surface area contributed by atoms with Gasteiger partial charge in [-0.15, -0.1) is 11.3 Å². The van der Waals surface area contributed by atoms with E-state index in [2.05, 4.69) is 5.32 Å². The molecule has 0 saturated heterocycles. The van der Waals surface area contributed by atoms with Crippen molar-refractivity contribution in [1.82, 2.24) is 0 Å². The quantitative estimate of drug-likeness (QED) is 0.617. The van der Waals surface area contributed by atoms with Gasteiger partial charge in [-0.05, 0) is 29.5 Å². The number of hydrogen-bond donors (Lipinski definition) is 1. The number of nitrogens with one attached hydrogen (secondary N) is 1. The van der Waals surface area contributed by atoms with Crippen molar-refractivity contribution in [1.29, 1.82) is 0 Å². The SMILES string of the molecule is CCc1ccsc1CNc1ccc([N+](=O)[O-])cc1C(F)F. The molecule has 1 N–H and O–H groups in total. The molecule has 0 atom stereocenters. The van der Waals surface area contributed by atoms with Gasteiger partial charge in [-0.3, -0.25) is 10.1 Å². The standard InChI is InChI=1S/C14H14F2N2O2S/c1-2-9-5-6-21-13(9)8-17-12-4-3-10(18(19)20)7-11(12)14(15)16/h3-7,14,17H,2,8H2,1H3. The number of benzene rings is 1. The molecule has 0 amide bonds. The van der Waals surface area contributed by atoms with Crippen molar-refractivity contribution in [2.75, 3.05) is 5.32 Å². The summed E-state index contributed by atoms with van der Waals surface area (Å²) in [6.07, 6.45) is -1.89. The first-order valence-electron chi connectivity index (χ1n) is 6.38. The molecule has 0 aliphatic carbocycles. The van der Waals surface area contributed by atoms with Gasteiger partial charge >= 0.3 is 0 Å². The topological polar surface area (TPSA) is 55.2 Å². The third-order valence-electron chi connectivity index (χ3n) is 3.14. The summed E-state index contributed by atoms with van der Waals surface area (Å²) in [7, 11) is 0. The number of non-ortho nitro benzene ring substituents is 1. The Morgan fingerprint density at radius 2 is 2.14 bits per heavy atom. The summed E-state index contributed by atoms with van der Waals surface area (Å²) in [4.78, 5) is 11.1. The highest BCUT2D eigenvalue weighted by molar-refractivity contribution is 7.10. The minimum atomic E-state index is -2.76. The highest BCUT2D eigenvalue weighted by atomic mass is 32.1. The molecule has 0 fully saturated rings. The number of anilines is 1. The zero-order chi connectivity index (χ0) is 15.4. The van der Waals surface area contributed by atoms with Crippen molar-refractivity contribution in [2.45, 2.75) is 26.3 Å². The molecule has 21 heavy (non-hydrogen) atoms. The van der Waals surface area contributed by atoms with Crippen LogP contribution in [0.1, 0.15) is 29.4 Å². The van der Waals surface area contributed by atoms with E-state index in [-0.39, 0.29) is 16.9 Å². The van der Waals surface area contributed by atoms with Gasteiger partial charge < -0.3 is 5.32 Å². The zero-order valence-corrected chi connectivity index (χ0v) is 12.1. The van der Waals surface area contributed by atoms with Crippen LogP contribution in [-0.2, 0) is 13.0 Å². The molecule has 0 radical (unpaired) electrons. The molecular formula is C14H14F2N2O2S. The zero-order valence-electron chi connectivity index (χ0n) is 11.3. The van der Waals surface area contributed by atoms with Crippen LogP contribution in [0.15, 0.2) is 29.6 Å². The summed E-state index contributed by atoms with van der Waals surface area (Å²) in [5.41, 5.74) is 0.721. The van der Waals surface area contributed by atoms with Gasteiger partial charge in [0.15, 0.2) is 0 Å². The molecule has 112 valence electrons. The Bertz CT molecular complexity index is 644. The Kier molecular flexibility index (Phi) is 4.85. The summed E-state index contributed by atoms with van der Waals surface area (Å²) in [6.45, 7) is 2.46. The molecule has 0 aliphatic heterocycles. The van der Waals surface area contributed by atoms with Crippen LogP contribution < -0.4 is 5.32 Å². The number of rotatable bonds is 6. The lowest BCUT2D eigenvalue weighted by atomic mass is 10.1. The van der Waals surface area contributed by atoms with E-state index in [9.17, 15) is 18.9 Å². The fourth-order valence-electron chi connectivity index (χ4n) is 2.02. The van der Waals surface area contributed by atoms with Crippen LogP contribution in [0.4, 0.5) is 20.2 Å². The number of alkyl halides is 2. The molecule has 2 aromatic rings. The molecule has 0 spiro atoms. The number of aryl methyl sites for hydroxylation is 1. The lowest BCUT2D eigenvalue weighted by molar-refractivity contribution is -0.385. The number of halogens is 2. The van der Waals surface area contributed by atoms with E-state index in [1.165, 1.54) is 17.7 Å². The van der Waals surface area contributed by atoms with Crippen LogP contribution in [0.2, 0.25) is 0 Å². The van der Waals surface area contributed by atoms with Crippen LogP contribution in [0.3, 0.4) is 0 Å². The maximum atomic E-state index is 13.0. The van der Waals surface area contributed by atoms with Gasteiger partial charge in [-0.1, -0.05) is 6.92 Å². The number of thiophene rings is 1. The van der Waals surface area contributed by atoms with Crippen LogP contribution in [-0.4, -0.2) is 4.92 Å². The van der Waals surface area contributed by atoms with Gasteiger partial charge in [-0.25, -0.2) is 8.78 Å². The van der Waals surface area contributed by atoms with Crippen molar-refractivity contribution in [2.24, 2.45) is 0 Å². The molecule has 0 aliphatic rings. The first-order valence-corrected chi connectivity index (χ1v) is 7.26. The van der Waals surface area contributed by atoms with Crippen molar-refractivity contribution < 1.29 is 13.7 Å². The molecule has 2 rings (SSSR count). The van der Waals surface area contributed by atoms with E-state index in [1.807, 2.05) is 18.4 Å². The van der Waals surface area contributed by atoms with E-state index in [0.717, 1.165) is 17.4 Å². The van der Waals surface area contributed by atoms with Gasteiger partial charge in [0.05, 0.1) is 4.92 Å². The first kappa shape index (κ1) is 15.4. The molecule has 0 bridgehead atoms. The van der Waals surface area contributed by atoms with Gasteiger partial charge in [0, 0.05) is 34.8 Å². The van der Waals surface area contributed by atoms with Crippen molar-refractivity contribution in [3.05, 3.63) is 55.8 Å². The Hall–Kier alpha value is -2.02. The molecule has 4 nitrogen and oxygen atoms in total. The predicted molar refractivity (Wildman–Crippen MR) is 79.1 cm³/mol. The van der Waals surface area contributed by atoms with E-state index in [0.29, 0.717) is 6.54 Å². The predicted octanol–water partition coefficient (Wildman–Crippen LogP) is 4.77. The summed E-state index contributed by atoms with van der Waals surface area (Å²) >= 11 is 1.56. The van der Waals surface area contributed by atoms with E-state index in [1.54, 1.807) is 11.3 Å². The normalized spacial score (nSPS) is 10.9. The minimum absolute atomic E-state index is 0.228. The van der Waals surface area contributed by atoms with E-state index in [4.69, 9.17) is 0 Å². The second-order valence-corrected chi connectivity index (χ2v) is 5.41. The molecule has 1 heterocycles. The van der Waals surface area contributed by atoms with Crippen LogP contribution >= 0.6 is 11.3 Å². The van der Waals surface area contributed by atoms with Crippen LogP contribution in [0.25, 0.3) is 0 Å². The Morgan fingerprint density at radius 1 is 1.38 bits per heavy atom. The molecular weight excluding hydrogens is 298 g/mol. The van der Waals surface area contributed by atoms with Crippen molar-refractivity contribution in [3.8, 4) is 0 Å². The Morgan fingerprint density at radius 3 is 2.76 bits per heavy atom. The van der Waals surface area contributed by atoms with Gasteiger partial charge in [0.1, 0.15) is 0 Å². The van der Waals surface area contributed by atoms with E-state index >= 15 is 0 Å². The van der Waals surface area contributed by atoms with E-state index < -0.39 is 11.3 Å². The second-order valence-electron chi connectivity index (χ2n) is 4.41. The average Bonchev–Trinajstić information content (AvgIpc) is 2.92. The Balaban J connectivity index is 2.21. The first-order chi connectivity index (χ1) is 10.0. The lowest BCUT2D eigenvalue weighted by Crippen LogP contribution is -2.04. The largest absolute Gasteiger partial charge is 0.380 e. The summed E-state index contributed by atoms with van der Waals surface area (Å²) in [5, 5.41) is 15.6. The maximum Gasteiger partial charge on any atom is 0.270 e. The third kappa shape index (κ3) is 3.55. The Labute approximate surface area is 124 Å². The molecule has 1 aromatic carbocycles. The number of hydrogen-bond acceptors (Lipinski definition) is 4. The molecule has 0 saturated carbocycles. The molecule has 7 heteroatoms. The number of nitro benzene ring substituents is 1.